The number of nitrogens with zero attached hydrogens (tertiary/aromatic N) is 2. The highest BCUT2D eigenvalue weighted by Crippen LogP contribution is 2.17. The smallest absolute Gasteiger partial charge is 0.0841 e. The van der Waals surface area contributed by atoms with Crippen LogP contribution in [0.25, 0.3) is 10.9 Å². The van der Waals surface area contributed by atoms with E-state index in [1.165, 1.54) is 10.9 Å². The number of nitrogens with one attached hydrogen (secondary N) is 1. The molecule has 0 bridgehead atoms. The van der Waals surface area contributed by atoms with E-state index in [1.807, 2.05) is 11.7 Å². The lowest BCUT2D eigenvalue weighted by molar-refractivity contribution is 0.430. The van der Waals surface area contributed by atoms with Crippen molar-refractivity contribution in [3.8, 4) is 0 Å². The minimum Gasteiger partial charge on any atom is -0.308 e. The zero-order valence-corrected chi connectivity index (χ0v) is 12.7. The summed E-state index contributed by atoms with van der Waals surface area (Å²) in [5, 5.41) is 10.4. The molecule has 0 radical (unpaired) electrons. The molecule has 0 aliphatic rings. The number of rotatable bonds is 5. The first kappa shape index (κ1) is 13.6. The lowest BCUT2D eigenvalue weighted by Crippen LogP contribution is -2.32. The molecule has 1 aromatic heterocycles. The maximum Gasteiger partial charge on any atom is 0.0841 e. The van der Waals surface area contributed by atoms with Crippen LogP contribution in [0.1, 0.15) is 19.5 Å². The summed E-state index contributed by atoms with van der Waals surface area (Å²) in [7, 11) is 2.00. The van der Waals surface area contributed by atoms with Crippen LogP contribution < -0.4 is 5.32 Å². The van der Waals surface area contributed by atoms with Crippen LogP contribution in [0.4, 0.5) is 0 Å². The Balaban J connectivity index is 2.13. The zero-order valence-electron chi connectivity index (χ0n) is 11.2. The predicted molar refractivity (Wildman–Crippen MR) is 80.0 cm³/mol. The van der Waals surface area contributed by atoms with Crippen molar-refractivity contribution >= 4 is 26.8 Å². The third-order valence-corrected chi connectivity index (χ3v) is 4.54. The van der Waals surface area contributed by atoms with E-state index in [4.69, 9.17) is 0 Å². The molecule has 3 nitrogen and oxygen atoms in total. The van der Waals surface area contributed by atoms with E-state index < -0.39 is 0 Å². The van der Waals surface area contributed by atoms with Gasteiger partial charge in [-0.05, 0) is 18.9 Å². The van der Waals surface area contributed by atoms with Crippen LogP contribution in [-0.2, 0) is 13.6 Å². The lowest BCUT2D eigenvalue weighted by atomic mass is 10.1. The monoisotopic (exact) mass is 309 g/mol. The first-order valence-electron chi connectivity index (χ1n) is 6.33. The summed E-state index contributed by atoms with van der Waals surface area (Å²) in [6.45, 7) is 5.28. The number of aryl methyl sites for hydroxylation is 1. The topological polar surface area (TPSA) is 29.9 Å². The Hall–Kier alpha value is -0.870. The summed E-state index contributed by atoms with van der Waals surface area (Å²) in [6.07, 6.45) is 0. The van der Waals surface area contributed by atoms with Gasteiger partial charge in [-0.2, -0.15) is 5.10 Å². The van der Waals surface area contributed by atoms with Crippen molar-refractivity contribution in [3.63, 3.8) is 0 Å². The van der Waals surface area contributed by atoms with Crippen molar-refractivity contribution in [1.82, 2.24) is 15.1 Å². The fraction of sp³-hybridized carbons (Fsp3) is 0.500. The molecule has 0 amide bonds. The average Bonchev–Trinajstić information content (AvgIpc) is 2.72. The molecule has 0 saturated heterocycles. The summed E-state index contributed by atoms with van der Waals surface area (Å²) >= 11 is 3.53. The lowest BCUT2D eigenvalue weighted by Gasteiger charge is -2.18. The maximum atomic E-state index is 4.59. The highest BCUT2D eigenvalue weighted by Gasteiger charge is 2.12. The summed E-state index contributed by atoms with van der Waals surface area (Å²) in [5.41, 5.74) is 2.32. The highest BCUT2D eigenvalue weighted by atomic mass is 79.9. The van der Waals surface area contributed by atoms with Crippen molar-refractivity contribution in [2.75, 3.05) is 5.33 Å². The van der Waals surface area contributed by atoms with Crippen LogP contribution in [0.2, 0.25) is 0 Å². The number of halogens is 1. The molecule has 0 saturated carbocycles. The van der Waals surface area contributed by atoms with E-state index in [0.29, 0.717) is 12.0 Å². The fourth-order valence-electron chi connectivity index (χ4n) is 2.01. The van der Waals surface area contributed by atoms with Crippen LogP contribution in [0.15, 0.2) is 24.3 Å². The van der Waals surface area contributed by atoms with E-state index in [9.17, 15) is 0 Å². The number of para-hydroxylation sites is 1. The number of hydrogen-bond acceptors (Lipinski definition) is 2. The van der Waals surface area contributed by atoms with Crippen molar-refractivity contribution < 1.29 is 0 Å². The Labute approximate surface area is 117 Å². The van der Waals surface area contributed by atoms with Gasteiger partial charge in [0.25, 0.3) is 0 Å². The Morgan fingerprint density at radius 1 is 1.33 bits per heavy atom. The second-order valence-electron chi connectivity index (χ2n) is 4.89. The second kappa shape index (κ2) is 5.85. The third kappa shape index (κ3) is 2.75. The number of hydrogen-bond donors (Lipinski definition) is 1. The van der Waals surface area contributed by atoms with Gasteiger partial charge in [-0.1, -0.05) is 41.1 Å². The van der Waals surface area contributed by atoms with Crippen LogP contribution in [0, 0.1) is 5.92 Å². The number of benzene rings is 1. The van der Waals surface area contributed by atoms with E-state index in [1.54, 1.807) is 0 Å². The largest absolute Gasteiger partial charge is 0.308 e. The van der Waals surface area contributed by atoms with Gasteiger partial charge in [-0.3, -0.25) is 4.68 Å². The van der Waals surface area contributed by atoms with Gasteiger partial charge in [0.2, 0.25) is 0 Å². The van der Waals surface area contributed by atoms with Crippen LogP contribution >= 0.6 is 15.9 Å². The van der Waals surface area contributed by atoms with E-state index in [2.05, 4.69) is 64.5 Å². The van der Waals surface area contributed by atoms with Crippen molar-refractivity contribution in [2.45, 2.75) is 26.4 Å². The van der Waals surface area contributed by atoms with Crippen molar-refractivity contribution in [1.29, 1.82) is 0 Å². The molecule has 1 N–H and O–H groups in total. The van der Waals surface area contributed by atoms with Gasteiger partial charge in [-0.25, -0.2) is 0 Å². The molecule has 0 spiro atoms. The summed E-state index contributed by atoms with van der Waals surface area (Å²) in [6, 6.07) is 8.84. The first-order valence-corrected chi connectivity index (χ1v) is 7.45. The van der Waals surface area contributed by atoms with Gasteiger partial charge in [0.1, 0.15) is 0 Å². The molecule has 0 aliphatic carbocycles. The third-order valence-electron chi connectivity index (χ3n) is 3.52. The Morgan fingerprint density at radius 2 is 2.06 bits per heavy atom. The predicted octanol–water partition coefficient (Wildman–Crippen LogP) is 3.08. The van der Waals surface area contributed by atoms with Crippen LogP contribution in [0.5, 0.6) is 0 Å². The number of alkyl halides is 1. The SMILES string of the molecule is CC(CBr)C(C)NCc1nn(C)c2ccccc12. The molecule has 0 aliphatic heterocycles. The van der Waals surface area contributed by atoms with E-state index >= 15 is 0 Å². The van der Waals surface area contributed by atoms with Gasteiger partial charge >= 0.3 is 0 Å². The first-order chi connectivity index (χ1) is 8.63. The molecular weight excluding hydrogens is 290 g/mol. The zero-order chi connectivity index (χ0) is 13.1. The summed E-state index contributed by atoms with van der Waals surface area (Å²) in [4.78, 5) is 0. The Bertz CT molecular complexity index is 521. The van der Waals surface area contributed by atoms with Gasteiger partial charge < -0.3 is 5.32 Å². The van der Waals surface area contributed by atoms with Gasteiger partial charge in [-0.15, -0.1) is 0 Å². The van der Waals surface area contributed by atoms with Crippen molar-refractivity contribution in [3.05, 3.63) is 30.0 Å². The molecule has 98 valence electrons. The standard InChI is InChI=1S/C14H20BrN3/c1-10(8-15)11(2)16-9-13-12-6-4-5-7-14(12)18(3)17-13/h4-7,10-11,16H,8-9H2,1-3H3. The maximum absolute atomic E-state index is 4.59. The Kier molecular flexibility index (Phi) is 4.40. The van der Waals surface area contributed by atoms with E-state index in [0.717, 1.165) is 17.6 Å². The molecule has 18 heavy (non-hydrogen) atoms. The quantitative estimate of drug-likeness (QED) is 0.860. The molecule has 2 aromatic rings. The number of fused-ring (bicyclic) bond motifs is 1. The van der Waals surface area contributed by atoms with Crippen LogP contribution in [-0.4, -0.2) is 21.2 Å². The minimum absolute atomic E-state index is 0.477. The molecular formula is C14H20BrN3. The molecule has 4 heteroatoms. The van der Waals surface area contributed by atoms with Crippen LogP contribution in [0.3, 0.4) is 0 Å². The highest BCUT2D eigenvalue weighted by molar-refractivity contribution is 9.09. The summed E-state index contributed by atoms with van der Waals surface area (Å²) in [5.74, 6) is 0.611. The van der Waals surface area contributed by atoms with Gasteiger partial charge in [0.15, 0.2) is 0 Å². The van der Waals surface area contributed by atoms with Gasteiger partial charge in [0.05, 0.1) is 11.2 Å². The van der Waals surface area contributed by atoms with E-state index in [-0.39, 0.29) is 0 Å². The minimum atomic E-state index is 0.477. The molecule has 2 atom stereocenters. The van der Waals surface area contributed by atoms with Gasteiger partial charge in [0, 0.05) is 30.4 Å². The molecule has 2 unspecified atom stereocenters. The Morgan fingerprint density at radius 3 is 2.78 bits per heavy atom. The normalized spacial score (nSPS) is 14.9. The fourth-order valence-corrected chi connectivity index (χ4v) is 2.57. The summed E-state index contributed by atoms with van der Waals surface area (Å²) < 4.78 is 1.95. The molecule has 1 aromatic carbocycles. The average molecular weight is 310 g/mol. The molecule has 2 rings (SSSR count). The van der Waals surface area contributed by atoms with Crippen molar-refractivity contribution in [2.24, 2.45) is 13.0 Å². The molecule has 1 heterocycles. The second-order valence-corrected chi connectivity index (χ2v) is 5.54. The number of aromatic nitrogens is 2. The molecule has 0 fully saturated rings.